The number of aromatic nitrogens is 2. The molecule has 0 radical (unpaired) electrons. The molecule has 0 bridgehead atoms. The number of fused-ring (bicyclic) bond motifs is 1. The van der Waals surface area contributed by atoms with Gasteiger partial charge < -0.3 is 10.1 Å². The Hall–Kier alpha value is -3.01. The van der Waals surface area contributed by atoms with Crippen molar-refractivity contribution in [2.24, 2.45) is 0 Å². The molecule has 2 atom stereocenters. The molecular formula is C25H24N4O3S2. The Kier molecular flexibility index (Phi) is 6.49. The molecule has 34 heavy (non-hydrogen) atoms. The first kappa shape index (κ1) is 22.8. The van der Waals surface area contributed by atoms with Gasteiger partial charge in [0.15, 0.2) is 0 Å². The number of rotatable bonds is 6. The van der Waals surface area contributed by atoms with Crippen LogP contribution in [0.3, 0.4) is 0 Å². The van der Waals surface area contributed by atoms with Gasteiger partial charge in [0.2, 0.25) is 0 Å². The van der Waals surface area contributed by atoms with Crippen LogP contribution in [0.1, 0.15) is 36.9 Å². The van der Waals surface area contributed by atoms with Crippen LogP contribution in [0.5, 0.6) is 0 Å². The fourth-order valence-electron chi connectivity index (χ4n) is 4.21. The highest BCUT2D eigenvalue weighted by Gasteiger charge is 2.36. The Labute approximate surface area is 206 Å². The third kappa shape index (κ3) is 4.38. The summed E-state index contributed by atoms with van der Waals surface area (Å²) in [7, 11) is 0. The molecule has 2 unspecified atom stereocenters. The fourth-order valence-corrected chi connectivity index (χ4v) is 5.61. The Balaban J connectivity index is 1.51. The van der Waals surface area contributed by atoms with E-state index in [0.717, 1.165) is 25.0 Å². The molecule has 0 saturated carbocycles. The third-order valence-corrected chi connectivity index (χ3v) is 7.39. The normalized spacial score (nSPS) is 20.4. The maximum absolute atomic E-state index is 13.4. The number of carbonyl (C=O) groups excluding carboxylic acids is 1. The zero-order valence-electron chi connectivity index (χ0n) is 18.6. The number of amides is 1. The van der Waals surface area contributed by atoms with Crippen molar-refractivity contribution in [1.82, 2.24) is 14.3 Å². The van der Waals surface area contributed by atoms with Crippen LogP contribution < -0.4 is 10.9 Å². The zero-order chi connectivity index (χ0) is 23.7. The summed E-state index contributed by atoms with van der Waals surface area (Å²) < 4.78 is 7.66. The number of hydrogen-bond acceptors (Lipinski definition) is 7. The summed E-state index contributed by atoms with van der Waals surface area (Å²) in [5, 5.41) is 3.29. The van der Waals surface area contributed by atoms with Gasteiger partial charge >= 0.3 is 0 Å². The quantitative estimate of drug-likeness (QED) is 0.407. The number of thiocarbonyl (C=S) groups is 1. The van der Waals surface area contributed by atoms with Gasteiger partial charge in [-0.3, -0.25) is 18.9 Å². The average Bonchev–Trinajstić information content (AvgIpc) is 3.47. The van der Waals surface area contributed by atoms with Crippen LogP contribution >= 0.6 is 24.0 Å². The Morgan fingerprint density at radius 2 is 2.03 bits per heavy atom. The Morgan fingerprint density at radius 1 is 1.24 bits per heavy atom. The lowest BCUT2D eigenvalue weighted by Crippen LogP contribution is -2.31. The minimum absolute atomic E-state index is 0.0776. The number of nitrogens with one attached hydrogen (secondary N) is 1. The molecule has 2 fully saturated rings. The van der Waals surface area contributed by atoms with E-state index in [1.165, 1.54) is 16.2 Å². The van der Waals surface area contributed by atoms with Crippen LogP contribution in [0.25, 0.3) is 11.7 Å². The molecule has 5 rings (SSSR count). The lowest BCUT2D eigenvalue weighted by molar-refractivity contribution is -0.123. The third-order valence-electron chi connectivity index (χ3n) is 6.06. The predicted molar refractivity (Wildman–Crippen MR) is 139 cm³/mol. The highest BCUT2D eigenvalue weighted by Crippen LogP contribution is 2.38. The maximum Gasteiger partial charge on any atom is 0.267 e. The number of thioether (sulfide) groups is 1. The summed E-state index contributed by atoms with van der Waals surface area (Å²) in [5.74, 6) is 0.224. The van der Waals surface area contributed by atoms with Gasteiger partial charge in [0.25, 0.3) is 11.5 Å². The number of hydrogen-bond donors (Lipinski definition) is 1. The number of nitrogens with zero attached hydrogens (tertiary/aromatic N) is 3. The molecule has 0 spiro atoms. The fraction of sp³-hybridized carbons (Fsp3) is 0.280. The minimum atomic E-state index is -0.248. The molecule has 1 amide bonds. The molecule has 1 N–H and O–H groups in total. The van der Waals surface area contributed by atoms with E-state index >= 15 is 0 Å². The van der Waals surface area contributed by atoms with E-state index in [1.807, 2.05) is 43.3 Å². The molecular weight excluding hydrogens is 468 g/mol. The lowest BCUT2D eigenvalue weighted by Gasteiger charge is -2.23. The van der Waals surface area contributed by atoms with Gasteiger partial charge in [0, 0.05) is 19.3 Å². The van der Waals surface area contributed by atoms with E-state index in [9.17, 15) is 9.59 Å². The molecule has 2 aliphatic heterocycles. The summed E-state index contributed by atoms with van der Waals surface area (Å²) in [6, 6.07) is 14.9. The smallest absolute Gasteiger partial charge is 0.267 e. The van der Waals surface area contributed by atoms with E-state index in [-0.39, 0.29) is 23.6 Å². The van der Waals surface area contributed by atoms with Gasteiger partial charge in [0.05, 0.1) is 22.6 Å². The van der Waals surface area contributed by atoms with E-state index in [4.69, 9.17) is 17.0 Å². The first-order valence-electron chi connectivity index (χ1n) is 11.2. The molecule has 3 aromatic rings. The van der Waals surface area contributed by atoms with Crippen LogP contribution in [-0.4, -0.2) is 43.8 Å². The van der Waals surface area contributed by atoms with Crippen molar-refractivity contribution < 1.29 is 9.53 Å². The first-order chi connectivity index (χ1) is 16.5. The standard InChI is InChI=1S/C25H24N4O3S2/c1-16(17-8-3-2-4-9-17)29-24(31)20(34-25(29)33)14-19-22(26-15-18-10-7-13-32-18)27-21-11-5-6-12-28(21)23(19)30/h2-6,8-9,11-12,14,16,18,26H,7,10,13,15H2,1H3/b20-14-. The van der Waals surface area contributed by atoms with E-state index < -0.39 is 0 Å². The second kappa shape index (κ2) is 9.69. The van der Waals surface area contributed by atoms with Crippen LogP contribution in [0.4, 0.5) is 5.82 Å². The second-order valence-electron chi connectivity index (χ2n) is 8.26. The van der Waals surface area contributed by atoms with Crippen LogP contribution in [-0.2, 0) is 9.53 Å². The lowest BCUT2D eigenvalue weighted by atomic mass is 10.1. The largest absolute Gasteiger partial charge is 0.376 e. The van der Waals surface area contributed by atoms with Crippen LogP contribution in [0.15, 0.2) is 64.4 Å². The number of benzene rings is 1. The molecule has 9 heteroatoms. The Morgan fingerprint density at radius 3 is 2.79 bits per heavy atom. The van der Waals surface area contributed by atoms with Gasteiger partial charge in [-0.15, -0.1) is 0 Å². The van der Waals surface area contributed by atoms with Crippen molar-refractivity contribution >= 4 is 51.7 Å². The molecule has 7 nitrogen and oxygen atoms in total. The monoisotopic (exact) mass is 492 g/mol. The van der Waals surface area contributed by atoms with Gasteiger partial charge in [-0.2, -0.15) is 0 Å². The zero-order valence-corrected chi connectivity index (χ0v) is 20.3. The summed E-state index contributed by atoms with van der Waals surface area (Å²) in [6.45, 7) is 3.24. The van der Waals surface area contributed by atoms with Crippen LogP contribution in [0.2, 0.25) is 0 Å². The minimum Gasteiger partial charge on any atom is -0.376 e. The first-order valence-corrected chi connectivity index (χ1v) is 12.4. The summed E-state index contributed by atoms with van der Waals surface area (Å²) in [4.78, 5) is 33.4. The summed E-state index contributed by atoms with van der Waals surface area (Å²) in [5.41, 5.74) is 1.60. The average molecular weight is 493 g/mol. The molecule has 2 aliphatic rings. The van der Waals surface area contributed by atoms with Crippen molar-refractivity contribution in [3.63, 3.8) is 0 Å². The number of anilines is 1. The summed E-state index contributed by atoms with van der Waals surface area (Å²) in [6.07, 6.45) is 5.35. The maximum atomic E-state index is 13.4. The number of pyridine rings is 1. The van der Waals surface area contributed by atoms with Crippen molar-refractivity contribution in [3.05, 3.63) is 81.1 Å². The topological polar surface area (TPSA) is 75.9 Å². The number of ether oxygens (including phenoxy) is 1. The van der Waals surface area contributed by atoms with Gasteiger partial charge in [-0.1, -0.05) is 60.4 Å². The summed E-state index contributed by atoms with van der Waals surface area (Å²) >= 11 is 6.76. The van der Waals surface area contributed by atoms with E-state index in [2.05, 4.69) is 10.3 Å². The van der Waals surface area contributed by atoms with Crippen molar-refractivity contribution in [2.45, 2.75) is 31.9 Å². The van der Waals surface area contributed by atoms with Gasteiger partial charge in [-0.25, -0.2) is 4.98 Å². The van der Waals surface area contributed by atoms with E-state index in [1.54, 1.807) is 29.3 Å². The molecule has 2 saturated heterocycles. The highest BCUT2D eigenvalue weighted by atomic mass is 32.2. The van der Waals surface area contributed by atoms with Crippen LogP contribution in [0, 0.1) is 0 Å². The number of carbonyl (C=O) groups is 1. The van der Waals surface area contributed by atoms with Gasteiger partial charge in [0.1, 0.15) is 15.8 Å². The van der Waals surface area contributed by atoms with E-state index in [0.29, 0.717) is 32.8 Å². The van der Waals surface area contributed by atoms with Gasteiger partial charge in [-0.05, 0) is 43.5 Å². The highest BCUT2D eigenvalue weighted by molar-refractivity contribution is 8.26. The molecule has 174 valence electrons. The van der Waals surface area contributed by atoms with Crippen molar-refractivity contribution in [2.75, 3.05) is 18.5 Å². The molecule has 0 aliphatic carbocycles. The predicted octanol–water partition coefficient (Wildman–Crippen LogP) is 4.25. The molecule has 1 aromatic carbocycles. The SMILES string of the molecule is CC(c1ccccc1)N1C(=O)/C(=C/c2c(NCC3CCCO3)nc3ccccn3c2=O)SC1=S. The second-order valence-corrected chi connectivity index (χ2v) is 9.94. The molecule has 4 heterocycles. The molecule has 2 aromatic heterocycles. The Bertz CT molecular complexity index is 1330. The van der Waals surface area contributed by atoms with Crippen molar-refractivity contribution in [3.8, 4) is 0 Å². The van der Waals surface area contributed by atoms with Crippen molar-refractivity contribution in [1.29, 1.82) is 0 Å².